The number of hydrogen-bond donors (Lipinski definition) is 4. The van der Waals surface area contributed by atoms with Crippen LogP contribution in [0.3, 0.4) is 0 Å². The fourth-order valence-electron chi connectivity index (χ4n) is 3.87. The van der Waals surface area contributed by atoms with Crippen molar-refractivity contribution in [2.45, 2.75) is 71.7 Å². The van der Waals surface area contributed by atoms with Gasteiger partial charge in [0, 0.05) is 0 Å². The number of aromatic nitrogens is 4. The summed E-state index contributed by atoms with van der Waals surface area (Å²) < 4.78 is 50.9. The van der Waals surface area contributed by atoms with E-state index in [-0.39, 0.29) is 36.2 Å². The number of rotatable bonds is 10. The minimum atomic E-state index is -4.62. The van der Waals surface area contributed by atoms with E-state index in [1.54, 1.807) is 34.6 Å². The molecule has 0 bridgehead atoms. The number of esters is 1. The number of nitrogens with zero attached hydrogens (tertiary/aromatic N) is 4. The number of carbonyl (C=O) groups excluding carboxylic acids is 1. The van der Waals surface area contributed by atoms with Crippen LogP contribution in [0.15, 0.2) is 6.33 Å². The number of nitrogens with two attached hydrogens (primary N) is 1. The molecular weight excluding hydrogens is 514 g/mol. The van der Waals surface area contributed by atoms with Crippen LogP contribution in [0.25, 0.3) is 11.2 Å². The Hall–Kier alpha value is -2.42. The summed E-state index contributed by atoms with van der Waals surface area (Å²) in [7, 11) is -4.62. The third kappa shape index (κ3) is 6.19. The summed E-state index contributed by atoms with van der Waals surface area (Å²) >= 11 is 0. The molecule has 0 saturated carbocycles. The molecule has 1 aliphatic rings. The van der Waals surface area contributed by atoms with Crippen molar-refractivity contribution in [3.05, 3.63) is 6.33 Å². The van der Waals surface area contributed by atoms with Crippen molar-refractivity contribution in [1.82, 2.24) is 24.6 Å². The van der Waals surface area contributed by atoms with Crippen LogP contribution in [0.4, 0.5) is 10.3 Å². The first-order valence-corrected chi connectivity index (χ1v) is 13.3. The van der Waals surface area contributed by atoms with Crippen LogP contribution in [-0.2, 0) is 23.4 Å². The third-order valence-corrected chi connectivity index (χ3v) is 6.84. The van der Waals surface area contributed by atoms with E-state index >= 15 is 4.39 Å². The van der Waals surface area contributed by atoms with E-state index in [1.807, 2.05) is 0 Å². The molecule has 6 atom stereocenters. The second-order valence-electron chi connectivity index (χ2n) is 9.76. The van der Waals surface area contributed by atoms with Crippen molar-refractivity contribution in [1.29, 1.82) is 0 Å². The van der Waals surface area contributed by atoms with Gasteiger partial charge in [0.1, 0.15) is 18.2 Å². The number of carbonyl (C=O) groups is 1. The molecule has 14 nitrogen and oxygen atoms in total. The van der Waals surface area contributed by atoms with Gasteiger partial charge in [-0.3, -0.25) is 13.9 Å². The smallest absolute Gasteiger partial charge is 0.403 e. The van der Waals surface area contributed by atoms with Gasteiger partial charge < -0.3 is 29.9 Å². The zero-order chi connectivity index (χ0) is 27.8. The van der Waals surface area contributed by atoms with E-state index < -0.39 is 55.9 Å². The van der Waals surface area contributed by atoms with E-state index in [0.29, 0.717) is 0 Å². The fourth-order valence-corrected chi connectivity index (χ4v) is 5.11. The molecule has 1 saturated heterocycles. The molecule has 0 aromatic carbocycles. The molecule has 1 fully saturated rings. The second kappa shape index (κ2) is 10.8. The average Bonchev–Trinajstić information content (AvgIpc) is 3.29. The number of ether oxygens (including phenoxy) is 3. The molecule has 3 heterocycles. The first-order chi connectivity index (χ1) is 17.1. The van der Waals surface area contributed by atoms with Gasteiger partial charge in [-0.2, -0.15) is 9.97 Å². The zero-order valence-corrected chi connectivity index (χ0v) is 22.4. The van der Waals surface area contributed by atoms with Gasteiger partial charge in [-0.25, -0.2) is 19.0 Å². The van der Waals surface area contributed by atoms with Gasteiger partial charge in [0.25, 0.3) is 0 Å². The molecule has 37 heavy (non-hydrogen) atoms. The molecule has 0 spiro atoms. The van der Waals surface area contributed by atoms with Gasteiger partial charge in [-0.1, -0.05) is 20.8 Å². The number of imidazole rings is 1. The molecule has 16 heteroatoms. The van der Waals surface area contributed by atoms with Crippen molar-refractivity contribution >= 4 is 30.8 Å². The molecular formula is C21H34FN6O8P. The van der Waals surface area contributed by atoms with E-state index in [1.165, 1.54) is 10.9 Å². The highest BCUT2D eigenvalue weighted by atomic mass is 31.2. The highest BCUT2D eigenvalue weighted by Crippen LogP contribution is 2.46. The van der Waals surface area contributed by atoms with Gasteiger partial charge >= 0.3 is 13.7 Å². The molecule has 2 aromatic rings. The lowest BCUT2D eigenvalue weighted by Gasteiger charge is -2.31. The number of anilines is 1. The predicted molar refractivity (Wildman–Crippen MR) is 129 cm³/mol. The number of nitrogens with one attached hydrogen (secondary N) is 1. The Morgan fingerprint density at radius 3 is 2.65 bits per heavy atom. The van der Waals surface area contributed by atoms with Crippen LogP contribution in [0, 0.1) is 5.41 Å². The largest absolute Gasteiger partial charge is 0.476 e. The normalized spacial score (nSPS) is 26.7. The molecule has 0 aliphatic carbocycles. The molecule has 1 aliphatic heterocycles. The predicted octanol–water partition coefficient (Wildman–Crippen LogP) is 1.48. The number of hydrogen-bond acceptors (Lipinski definition) is 11. The molecule has 3 rings (SSSR count). The van der Waals surface area contributed by atoms with E-state index in [2.05, 4.69) is 20.0 Å². The van der Waals surface area contributed by atoms with Crippen LogP contribution in [0.2, 0.25) is 0 Å². The number of nitrogen functional groups attached to an aromatic ring is 1. The van der Waals surface area contributed by atoms with E-state index in [4.69, 9.17) is 24.5 Å². The van der Waals surface area contributed by atoms with Gasteiger partial charge in [0.2, 0.25) is 11.8 Å². The van der Waals surface area contributed by atoms with Crippen LogP contribution in [-0.4, -0.2) is 79.2 Å². The van der Waals surface area contributed by atoms with Crippen LogP contribution >= 0.6 is 7.75 Å². The second-order valence-corrected chi connectivity index (χ2v) is 11.3. The highest BCUT2D eigenvalue weighted by Gasteiger charge is 2.56. The Bertz CT molecular complexity index is 1170. The number of aliphatic hydroxyl groups is 1. The number of halogens is 1. The minimum absolute atomic E-state index is 0.0772. The van der Waals surface area contributed by atoms with E-state index in [0.717, 1.165) is 6.92 Å². The number of alkyl halides is 1. The van der Waals surface area contributed by atoms with Gasteiger partial charge in [0.05, 0.1) is 26.1 Å². The quantitative estimate of drug-likeness (QED) is 0.247. The summed E-state index contributed by atoms with van der Waals surface area (Å²) in [6, 6.07) is -1.18. The first-order valence-electron chi connectivity index (χ1n) is 11.7. The lowest BCUT2D eigenvalue weighted by molar-refractivity contribution is -0.148. The van der Waals surface area contributed by atoms with Crippen molar-refractivity contribution in [2.24, 2.45) is 5.41 Å². The van der Waals surface area contributed by atoms with Crippen LogP contribution in [0.5, 0.6) is 5.88 Å². The lowest BCUT2D eigenvalue weighted by atomic mass is 9.87. The first kappa shape index (κ1) is 29.1. The molecule has 0 amide bonds. The highest BCUT2D eigenvalue weighted by molar-refractivity contribution is 7.50. The Balaban J connectivity index is 1.80. The Kier molecular flexibility index (Phi) is 8.47. The maximum absolute atomic E-state index is 15.7. The SMILES string of the molecule is CCOC(=O)[C@@H](NP(=O)(O)OC[C@H]1O[C@@H](n2cnc3c(OCC)nc(N)nc32)[C@](C)(F)[C@@H]1O)C(C)(C)C. The van der Waals surface area contributed by atoms with Gasteiger partial charge in [-0.05, 0) is 26.2 Å². The van der Waals surface area contributed by atoms with Crippen molar-refractivity contribution < 1.29 is 42.5 Å². The molecule has 0 radical (unpaired) electrons. The van der Waals surface area contributed by atoms with Crippen LogP contribution < -0.4 is 15.6 Å². The minimum Gasteiger partial charge on any atom is -0.476 e. The molecule has 1 unspecified atom stereocenters. The summed E-state index contributed by atoms with van der Waals surface area (Å²) in [6.07, 6.45) is -3.33. The molecule has 208 valence electrons. The van der Waals surface area contributed by atoms with Crippen molar-refractivity contribution in [3.63, 3.8) is 0 Å². The average molecular weight is 549 g/mol. The zero-order valence-electron chi connectivity index (χ0n) is 21.5. The van der Waals surface area contributed by atoms with E-state index in [9.17, 15) is 19.4 Å². The summed E-state index contributed by atoms with van der Waals surface area (Å²) in [4.78, 5) is 34.9. The summed E-state index contributed by atoms with van der Waals surface area (Å²) in [5.41, 5.74) is 2.89. The molecule has 5 N–H and O–H groups in total. The third-order valence-electron chi connectivity index (χ3n) is 5.75. The number of aliphatic hydroxyl groups excluding tert-OH is 1. The Morgan fingerprint density at radius 2 is 2.05 bits per heavy atom. The van der Waals surface area contributed by atoms with Gasteiger partial charge in [-0.15, -0.1) is 0 Å². The van der Waals surface area contributed by atoms with Gasteiger partial charge in [0.15, 0.2) is 23.1 Å². The monoisotopic (exact) mass is 548 g/mol. The summed E-state index contributed by atoms with van der Waals surface area (Å²) in [5.74, 6) is -0.773. The summed E-state index contributed by atoms with van der Waals surface area (Å²) in [6.45, 7) is 9.16. The maximum atomic E-state index is 15.7. The number of fused-ring (bicyclic) bond motifs is 1. The summed E-state index contributed by atoms with van der Waals surface area (Å²) in [5, 5.41) is 12.9. The van der Waals surface area contributed by atoms with Crippen LogP contribution in [0.1, 0.15) is 47.8 Å². The molecule has 2 aromatic heterocycles. The maximum Gasteiger partial charge on any atom is 0.403 e. The van der Waals surface area contributed by atoms with Crippen molar-refractivity contribution in [2.75, 3.05) is 25.6 Å². The topological polar surface area (TPSA) is 193 Å². The van der Waals surface area contributed by atoms with Crippen molar-refractivity contribution in [3.8, 4) is 5.88 Å². The Morgan fingerprint density at radius 1 is 1.38 bits per heavy atom. The fraction of sp³-hybridized carbons (Fsp3) is 0.714. The standard InChI is InChI=1S/C21H34FN6O8P/c1-7-33-16-12-15(25-19(23)26-16)28(10-24-12)18-21(6,22)14(29)11(36-18)9-35-37(31,32)27-13(20(3,4)5)17(30)34-8-2/h10-11,13-14,18,29H,7-9H2,1-6H3,(H2,23,25,26)(H2,27,31,32)/t11-,13-,14-,18-,21-/m1/s1. The Labute approximate surface area is 213 Å². The lowest BCUT2D eigenvalue weighted by Crippen LogP contribution is -2.46.